The second kappa shape index (κ2) is 5.51. The number of aliphatic hydroxyl groups is 1. The summed E-state index contributed by atoms with van der Waals surface area (Å²) in [4.78, 5) is 4.59. The maximum Gasteiger partial charge on any atom is 0.126 e. The molecule has 1 aromatic heterocycles. The van der Waals surface area contributed by atoms with E-state index in [1.165, 1.54) is 17.7 Å². The molecule has 1 heterocycles. The normalized spacial score (nSPS) is 14.8. The van der Waals surface area contributed by atoms with Gasteiger partial charge in [-0.3, -0.25) is 0 Å². The molecule has 0 saturated heterocycles. The number of aliphatic hydroxyl groups excluding tert-OH is 1. The van der Waals surface area contributed by atoms with Crippen LogP contribution in [0, 0.1) is 0 Å². The van der Waals surface area contributed by atoms with Gasteiger partial charge in [-0.15, -0.1) is 0 Å². The zero-order valence-electron chi connectivity index (χ0n) is 11.3. The van der Waals surface area contributed by atoms with Gasteiger partial charge < -0.3 is 16.2 Å². The Morgan fingerprint density at radius 2 is 1.95 bits per heavy atom. The lowest BCUT2D eigenvalue weighted by Crippen LogP contribution is -2.13. The topological polar surface area (TPSA) is 71.2 Å². The number of nitrogen functional groups attached to an aromatic ring is 1. The molecule has 0 radical (unpaired) electrons. The van der Waals surface area contributed by atoms with E-state index in [-0.39, 0.29) is 0 Å². The van der Waals surface area contributed by atoms with Crippen molar-refractivity contribution in [1.82, 2.24) is 4.98 Å². The fourth-order valence-electron chi connectivity index (χ4n) is 2.56. The maximum absolute atomic E-state index is 10.1. The van der Waals surface area contributed by atoms with Gasteiger partial charge in [0.2, 0.25) is 0 Å². The van der Waals surface area contributed by atoms with Crippen LogP contribution in [-0.4, -0.2) is 16.6 Å². The van der Waals surface area contributed by atoms with Crippen molar-refractivity contribution in [3.05, 3.63) is 53.2 Å². The molecule has 0 saturated carbocycles. The molecular formula is C16H19N3O. The summed E-state index contributed by atoms with van der Waals surface area (Å²) in [5.41, 5.74) is 9.74. The summed E-state index contributed by atoms with van der Waals surface area (Å²) in [5, 5.41) is 13.3. The first kappa shape index (κ1) is 12.9. The zero-order chi connectivity index (χ0) is 13.9. The van der Waals surface area contributed by atoms with Crippen LogP contribution in [0.2, 0.25) is 0 Å². The van der Waals surface area contributed by atoms with E-state index in [1.54, 1.807) is 12.1 Å². The van der Waals surface area contributed by atoms with Gasteiger partial charge in [0.05, 0.1) is 6.10 Å². The zero-order valence-corrected chi connectivity index (χ0v) is 11.3. The third kappa shape index (κ3) is 2.75. The van der Waals surface area contributed by atoms with Crippen molar-refractivity contribution in [2.75, 3.05) is 17.6 Å². The third-order valence-electron chi connectivity index (χ3n) is 3.73. The summed E-state index contributed by atoms with van der Waals surface area (Å²) in [6, 6.07) is 11.4. The molecule has 4 N–H and O–H groups in total. The van der Waals surface area contributed by atoms with Gasteiger partial charge in [0.1, 0.15) is 5.82 Å². The molecule has 104 valence electrons. The first-order chi connectivity index (χ1) is 9.72. The minimum Gasteiger partial charge on any atom is -0.399 e. The standard InChI is InChI=1S/C16H19N3O/c17-13-7-4-12(5-8-13)15(20)10-18-16-9-6-11-2-1-3-14(11)19-16/h4-9,15,20H,1-3,10,17H2,(H,18,19). The van der Waals surface area contributed by atoms with Crippen molar-refractivity contribution in [1.29, 1.82) is 0 Å². The molecule has 1 aromatic carbocycles. The van der Waals surface area contributed by atoms with Crippen LogP contribution in [-0.2, 0) is 12.8 Å². The molecule has 4 heteroatoms. The Kier molecular flexibility index (Phi) is 3.56. The van der Waals surface area contributed by atoms with Crippen LogP contribution < -0.4 is 11.1 Å². The van der Waals surface area contributed by atoms with E-state index in [2.05, 4.69) is 16.4 Å². The molecular weight excluding hydrogens is 250 g/mol. The number of pyridine rings is 1. The van der Waals surface area contributed by atoms with E-state index >= 15 is 0 Å². The van der Waals surface area contributed by atoms with Crippen LogP contribution in [0.5, 0.6) is 0 Å². The predicted octanol–water partition coefficient (Wildman–Crippen LogP) is 2.30. The lowest BCUT2D eigenvalue weighted by atomic mass is 10.1. The second-order valence-electron chi connectivity index (χ2n) is 5.22. The number of aryl methyl sites for hydroxylation is 2. The molecule has 0 amide bonds. The molecule has 4 nitrogen and oxygen atoms in total. The average molecular weight is 269 g/mol. The molecule has 1 aliphatic carbocycles. The summed E-state index contributed by atoms with van der Waals surface area (Å²) in [7, 11) is 0. The van der Waals surface area contributed by atoms with Crippen LogP contribution in [0.3, 0.4) is 0 Å². The highest BCUT2D eigenvalue weighted by Crippen LogP contribution is 2.22. The molecule has 20 heavy (non-hydrogen) atoms. The van der Waals surface area contributed by atoms with E-state index in [0.717, 1.165) is 24.2 Å². The Hall–Kier alpha value is -2.07. The van der Waals surface area contributed by atoms with Crippen LogP contribution in [0.4, 0.5) is 11.5 Å². The van der Waals surface area contributed by atoms with Crippen LogP contribution in [0.25, 0.3) is 0 Å². The molecule has 0 aliphatic heterocycles. The highest BCUT2D eigenvalue weighted by Gasteiger charge is 2.13. The fourth-order valence-corrected chi connectivity index (χ4v) is 2.56. The Morgan fingerprint density at radius 3 is 2.75 bits per heavy atom. The number of anilines is 2. The first-order valence-electron chi connectivity index (χ1n) is 6.98. The Morgan fingerprint density at radius 1 is 1.15 bits per heavy atom. The minimum absolute atomic E-state index is 0.440. The number of aromatic nitrogens is 1. The number of fused-ring (bicyclic) bond motifs is 1. The molecule has 1 atom stereocenters. The molecule has 0 spiro atoms. The summed E-state index contributed by atoms with van der Waals surface area (Å²) in [6.07, 6.45) is 2.83. The van der Waals surface area contributed by atoms with E-state index < -0.39 is 6.10 Å². The Labute approximate surface area is 118 Å². The number of rotatable bonds is 4. The first-order valence-corrected chi connectivity index (χ1v) is 6.98. The number of nitrogens with two attached hydrogens (primary N) is 1. The van der Waals surface area contributed by atoms with E-state index in [1.807, 2.05) is 18.2 Å². The summed E-state index contributed by atoms with van der Waals surface area (Å²) < 4.78 is 0. The number of hydrogen-bond acceptors (Lipinski definition) is 4. The van der Waals surface area contributed by atoms with Crippen molar-refractivity contribution in [2.24, 2.45) is 0 Å². The van der Waals surface area contributed by atoms with Crippen LogP contribution in [0.1, 0.15) is 29.3 Å². The van der Waals surface area contributed by atoms with E-state index in [9.17, 15) is 5.11 Å². The Bertz CT molecular complexity index is 595. The van der Waals surface area contributed by atoms with Gasteiger partial charge in [0, 0.05) is 17.9 Å². The van der Waals surface area contributed by atoms with Crippen molar-refractivity contribution in [3.63, 3.8) is 0 Å². The average Bonchev–Trinajstić information content (AvgIpc) is 2.93. The van der Waals surface area contributed by atoms with E-state index in [0.29, 0.717) is 12.2 Å². The van der Waals surface area contributed by atoms with Gasteiger partial charge in [-0.25, -0.2) is 4.98 Å². The van der Waals surface area contributed by atoms with Gasteiger partial charge in [-0.2, -0.15) is 0 Å². The van der Waals surface area contributed by atoms with Crippen molar-refractivity contribution >= 4 is 11.5 Å². The van der Waals surface area contributed by atoms with Crippen LogP contribution in [0.15, 0.2) is 36.4 Å². The quantitative estimate of drug-likeness (QED) is 0.745. The molecule has 0 bridgehead atoms. The Balaban J connectivity index is 1.63. The number of hydrogen-bond donors (Lipinski definition) is 3. The number of nitrogens with zero attached hydrogens (tertiary/aromatic N) is 1. The van der Waals surface area contributed by atoms with Gasteiger partial charge in [-0.1, -0.05) is 18.2 Å². The van der Waals surface area contributed by atoms with Gasteiger partial charge in [0.25, 0.3) is 0 Å². The second-order valence-corrected chi connectivity index (χ2v) is 5.22. The minimum atomic E-state index is -0.564. The largest absolute Gasteiger partial charge is 0.399 e. The molecule has 1 aliphatic rings. The van der Waals surface area contributed by atoms with Crippen molar-refractivity contribution < 1.29 is 5.11 Å². The monoisotopic (exact) mass is 269 g/mol. The van der Waals surface area contributed by atoms with Gasteiger partial charge in [0.15, 0.2) is 0 Å². The molecule has 2 aromatic rings. The number of nitrogens with one attached hydrogen (secondary N) is 1. The van der Waals surface area contributed by atoms with Crippen molar-refractivity contribution in [3.8, 4) is 0 Å². The molecule has 3 rings (SSSR count). The summed E-state index contributed by atoms with van der Waals surface area (Å²) in [5.74, 6) is 0.833. The highest BCUT2D eigenvalue weighted by molar-refractivity contribution is 5.42. The maximum atomic E-state index is 10.1. The SMILES string of the molecule is Nc1ccc(C(O)CNc2ccc3c(n2)CCC3)cc1. The van der Waals surface area contributed by atoms with Crippen molar-refractivity contribution in [2.45, 2.75) is 25.4 Å². The van der Waals surface area contributed by atoms with Gasteiger partial charge in [-0.05, 0) is 48.6 Å². The summed E-state index contributed by atoms with van der Waals surface area (Å²) >= 11 is 0. The fraction of sp³-hybridized carbons (Fsp3) is 0.312. The lowest BCUT2D eigenvalue weighted by molar-refractivity contribution is 0.191. The smallest absolute Gasteiger partial charge is 0.126 e. The van der Waals surface area contributed by atoms with Crippen LogP contribution >= 0.6 is 0 Å². The summed E-state index contributed by atoms with van der Waals surface area (Å²) in [6.45, 7) is 0.440. The molecule has 1 unspecified atom stereocenters. The number of benzene rings is 1. The molecule has 0 fully saturated rings. The highest BCUT2D eigenvalue weighted by atomic mass is 16.3. The lowest BCUT2D eigenvalue weighted by Gasteiger charge is -2.13. The predicted molar refractivity (Wildman–Crippen MR) is 80.6 cm³/mol. The third-order valence-corrected chi connectivity index (χ3v) is 3.73. The van der Waals surface area contributed by atoms with E-state index in [4.69, 9.17) is 5.73 Å². The van der Waals surface area contributed by atoms with Gasteiger partial charge >= 0.3 is 0 Å².